The van der Waals surface area contributed by atoms with Crippen molar-refractivity contribution in [1.82, 2.24) is 15.1 Å². The fourth-order valence-electron chi connectivity index (χ4n) is 1.85. The number of alkyl halides is 3. The van der Waals surface area contributed by atoms with Gasteiger partial charge < -0.3 is 4.90 Å². The quantitative estimate of drug-likeness (QED) is 0.942. The molecular weight excluding hydrogens is 287 g/mol. The normalized spacial score (nSPS) is 11.6. The van der Waals surface area contributed by atoms with E-state index in [4.69, 9.17) is 0 Å². The smallest absolute Gasteiger partial charge is 0.340 e. The number of carbonyl (C=O) groups excluding carboxylic acids is 1. The molecule has 0 bridgehead atoms. The van der Waals surface area contributed by atoms with Crippen LogP contribution in [0.4, 0.5) is 13.2 Å². The number of hydrogen-bond acceptors (Lipinski definition) is 3. The zero-order valence-corrected chi connectivity index (χ0v) is 11.1. The molecule has 0 aliphatic rings. The number of aromatic amines is 1. The van der Waals surface area contributed by atoms with Gasteiger partial charge in [0.05, 0.1) is 11.8 Å². The van der Waals surface area contributed by atoms with Crippen molar-refractivity contribution in [1.29, 1.82) is 0 Å². The maximum Gasteiger partial charge on any atom is 0.390 e. The Morgan fingerprint density at radius 3 is 2.52 bits per heavy atom. The number of carbonyl (C=O) groups is 1. The van der Waals surface area contributed by atoms with Crippen LogP contribution in [0.5, 0.6) is 0 Å². The highest BCUT2D eigenvalue weighted by Gasteiger charge is 2.28. The minimum absolute atomic E-state index is 0.0742. The lowest BCUT2D eigenvalue weighted by atomic mass is 10.1. The molecule has 0 saturated heterocycles. The molecule has 112 valence electrons. The first kappa shape index (κ1) is 15.0. The highest BCUT2D eigenvalue weighted by Crippen LogP contribution is 2.20. The van der Waals surface area contributed by atoms with E-state index < -0.39 is 30.6 Å². The highest BCUT2D eigenvalue weighted by atomic mass is 19.4. The summed E-state index contributed by atoms with van der Waals surface area (Å²) in [5.74, 6) is -0.674. The fraction of sp³-hybridized carbons (Fsp3) is 0.308. The summed E-state index contributed by atoms with van der Waals surface area (Å²) in [4.78, 5) is 24.7. The molecule has 1 amide bonds. The molecule has 0 unspecified atom stereocenters. The number of halogens is 3. The van der Waals surface area contributed by atoms with Gasteiger partial charge in [-0.25, -0.2) is 5.10 Å². The van der Waals surface area contributed by atoms with E-state index in [1.165, 1.54) is 19.2 Å². The van der Waals surface area contributed by atoms with Crippen LogP contribution in [0.25, 0.3) is 10.8 Å². The molecule has 2 aromatic rings. The molecule has 0 spiro atoms. The molecule has 0 aliphatic carbocycles. The van der Waals surface area contributed by atoms with Crippen LogP contribution in [0.15, 0.2) is 29.1 Å². The number of benzene rings is 1. The van der Waals surface area contributed by atoms with Crippen molar-refractivity contribution in [3.05, 3.63) is 40.3 Å². The Bertz CT molecular complexity index is 724. The monoisotopic (exact) mass is 299 g/mol. The number of fused-ring (bicyclic) bond motifs is 1. The van der Waals surface area contributed by atoms with Gasteiger partial charge in [-0.2, -0.15) is 18.3 Å². The third-order valence-electron chi connectivity index (χ3n) is 2.98. The van der Waals surface area contributed by atoms with E-state index in [9.17, 15) is 22.8 Å². The second-order valence-electron chi connectivity index (χ2n) is 4.54. The third-order valence-corrected chi connectivity index (χ3v) is 2.98. The summed E-state index contributed by atoms with van der Waals surface area (Å²) < 4.78 is 36.6. The lowest BCUT2D eigenvalue weighted by Crippen LogP contribution is -2.32. The Morgan fingerprint density at radius 1 is 1.29 bits per heavy atom. The molecule has 0 fully saturated rings. The van der Waals surface area contributed by atoms with Crippen molar-refractivity contribution in [3.63, 3.8) is 0 Å². The first-order valence-electron chi connectivity index (χ1n) is 6.09. The Morgan fingerprint density at radius 2 is 1.90 bits per heavy atom. The molecule has 0 saturated carbocycles. The van der Waals surface area contributed by atoms with Crippen molar-refractivity contribution in [2.75, 3.05) is 13.6 Å². The molecule has 1 aromatic heterocycles. The summed E-state index contributed by atoms with van der Waals surface area (Å²) in [7, 11) is 1.26. The van der Waals surface area contributed by atoms with Crippen molar-refractivity contribution in [2.24, 2.45) is 0 Å². The number of aromatic nitrogens is 2. The van der Waals surface area contributed by atoms with Gasteiger partial charge in [-0.3, -0.25) is 9.59 Å². The molecule has 1 aromatic carbocycles. The van der Waals surface area contributed by atoms with E-state index in [2.05, 4.69) is 10.2 Å². The maximum absolute atomic E-state index is 12.2. The molecule has 2 rings (SSSR count). The zero-order valence-electron chi connectivity index (χ0n) is 11.1. The van der Waals surface area contributed by atoms with E-state index in [-0.39, 0.29) is 11.1 Å². The van der Waals surface area contributed by atoms with Gasteiger partial charge in [0, 0.05) is 19.0 Å². The van der Waals surface area contributed by atoms with E-state index in [0.717, 1.165) is 4.90 Å². The van der Waals surface area contributed by atoms with Crippen LogP contribution >= 0.6 is 0 Å². The predicted octanol–water partition coefficient (Wildman–Crippen LogP) is 1.95. The first-order valence-corrected chi connectivity index (χ1v) is 6.09. The Balaban J connectivity index is 2.32. The lowest BCUT2D eigenvalue weighted by Gasteiger charge is -2.18. The number of nitrogens with zero attached hydrogens (tertiary/aromatic N) is 2. The Hall–Kier alpha value is -2.38. The van der Waals surface area contributed by atoms with Crippen molar-refractivity contribution >= 4 is 16.7 Å². The van der Waals surface area contributed by atoms with Gasteiger partial charge in [-0.1, -0.05) is 18.2 Å². The third kappa shape index (κ3) is 3.39. The minimum Gasteiger partial charge on any atom is -0.340 e. The maximum atomic E-state index is 12.2. The van der Waals surface area contributed by atoms with Crippen molar-refractivity contribution in [3.8, 4) is 0 Å². The Kier molecular flexibility index (Phi) is 3.97. The topological polar surface area (TPSA) is 66.1 Å². The van der Waals surface area contributed by atoms with Gasteiger partial charge in [-0.05, 0) is 6.07 Å². The second kappa shape index (κ2) is 5.55. The van der Waals surface area contributed by atoms with Gasteiger partial charge in [0.15, 0.2) is 5.69 Å². The number of hydrogen-bond donors (Lipinski definition) is 1. The SMILES string of the molecule is CN(CCC(F)(F)F)C(=O)c1n[nH]c(=O)c2ccccc12. The predicted molar refractivity (Wildman–Crippen MR) is 70.0 cm³/mol. The summed E-state index contributed by atoms with van der Waals surface area (Å²) in [5.41, 5.74) is -0.532. The van der Waals surface area contributed by atoms with Crippen LogP contribution < -0.4 is 5.56 Å². The first-order chi connectivity index (χ1) is 9.79. The lowest BCUT2D eigenvalue weighted by molar-refractivity contribution is -0.136. The van der Waals surface area contributed by atoms with E-state index in [0.29, 0.717) is 5.39 Å². The van der Waals surface area contributed by atoms with Crippen molar-refractivity contribution in [2.45, 2.75) is 12.6 Å². The van der Waals surface area contributed by atoms with Gasteiger partial charge in [0.25, 0.3) is 11.5 Å². The summed E-state index contributed by atoms with van der Waals surface area (Å²) in [5, 5.41) is 6.41. The van der Waals surface area contributed by atoms with Crippen LogP contribution in [-0.2, 0) is 0 Å². The Labute approximate surface area is 117 Å². The van der Waals surface area contributed by atoms with Gasteiger partial charge in [0.2, 0.25) is 0 Å². The number of H-pyrrole nitrogens is 1. The van der Waals surface area contributed by atoms with E-state index in [1.807, 2.05) is 0 Å². The molecule has 1 N–H and O–H groups in total. The standard InChI is InChI=1S/C13H12F3N3O2/c1-19(7-6-13(14,15)16)12(21)10-8-4-2-3-5-9(8)11(20)18-17-10/h2-5H,6-7H2,1H3,(H,18,20). The van der Waals surface area contributed by atoms with E-state index >= 15 is 0 Å². The summed E-state index contributed by atoms with van der Waals surface area (Å²) in [6.45, 7) is -0.475. The molecule has 5 nitrogen and oxygen atoms in total. The van der Waals surface area contributed by atoms with Crippen LogP contribution in [0.2, 0.25) is 0 Å². The van der Waals surface area contributed by atoms with Gasteiger partial charge in [0.1, 0.15) is 0 Å². The molecule has 0 radical (unpaired) electrons. The summed E-state index contributed by atoms with van der Waals surface area (Å²) in [6.07, 6.45) is -5.44. The molecule has 0 atom stereocenters. The molecular formula is C13H12F3N3O2. The number of amides is 1. The van der Waals surface area contributed by atoms with Crippen molar-refractivity contribution < 1.29 is 18.0 Å². The van der Waals surface area contributed by atoms with Gasteiger partial charge >= 0.3 is 6.18 Å². The van der Waals surface area contributed by atoms with E-state index in [1.54, 1.807) is 12.1 Å². The van der Waals surface area contributed by atoms with Crippen LogP contribution in [0.3, 0.4) is 0 Å². The van der Waals surface area contributed by atoms with Crippen LogP contribution in [-0.4, -0.2) is 40.8 Å². The molecule has 21 heavy (non-hydrogen) atoms. The largest absolute Gasteiger partial charge is 0.390 e. The summed E-state index contributed by atoms with van der Waals surface area (Å²) in [6, 6.07) is 6.29. The number of nitrogens with one attached hydrogen (secondary N) is 1. The average Bonchev–Trinajstić information content (AvgIpc) is 2.44. The minimum atomic E-state index is -4.34. The zero-order chi connectivity index (χ0) is 15.6. The second-order valence-corrected chi connectivity index (χ2v) is 4.54. The highest BCUT2D eigenvalue weighted by molar-refractivity contribution is 6.04. The molecule has 8 heteroatoms. The fourth-order valence-corrected chi connectivity index (χ4v) is 1.85. The van der Waals surface area contributed by atoms with Crippen LogP contribution in [0, 0.1) is 0 Å². The molecule has 0 aliphatic heterocycles. The summed E-state index contributed by atoms with van der Waals surface area (Å²) >= 11 is 0. The molecule has 1 heterocycles. The van der Waals surface area contributed by atoms with Crippen LogP contribution in [0.1, 0.15) is 16.9 Å². The average molecular weight is 299 g/mol. The van der Waals surface area contributed by atoms with Gasteiger partial charge in [-0.15, -0.1) is 0 Å². The number of rotatable bonds is 3.